The molecule has 16 heavy (non-hydrogen) atoms. The van der Waals surface area contributed by atoms with Crippen molar-refractivity contribution in [2.45, 2.75) is 26.2 Å². The van der Waals surface area contributed by atoms with Crippen LogP contribution in [0.15, 0.2) is 0 Å². The summed E-state index contributed by atoms with van der Waals surface area (Å²) in [5, 5.41) is 0. The molecule has 4 nitrogen and oxygen atoms in total. The Hall–Kier alpha value is -0.450. The second-order valence-corrected chi connectivity index (χ2v) is 3.82. The molecule has 0 aromatic rings. The number of carbonyl (C=O) groups is 1. The molecule has 0 aliphatic carbocycles. The second-order valence-electron chi connectivity index (χ2n) is 3.82. The lowest BCUT2D eigenvalue weighted by molar-refractivity contribution is -0.118. The molecule has 0 bridgehead atoms. The Morgan fingerprint density at radius 2 is 1.62 bits per heavy atom. The summed E-state index contributed by atoms with van der Waals surface area (Å²) in [5.41, 5.74) is 0. The molecule has 0 radical (unpaired) electrons. The molecule has 0 N–H and O–H groups in total. The molecule has 0 heterocycles. The molecule has 96 valence electrons. The monoisotopic (exact) mass is 231 g/mol. The fourth-order valence-corrected chi connectivity index (χ4v) is 1.45. The molecule has 0 aliphatic heterocycles. The number of ketones is 1. The van der Waals surface area contributed by atoms with Crippen LogP contribution in [0.3, 0.4) is 0 Å². The van der Waals surface area contributed by atoms with Crippen LogP contribution < -0.4 is 0 Å². The predicted molar refractivity (Wildman–Crippen MR) is 64.7 cm³/mol. The summed E-state index contributed by atoms with van der Waals surface area (Å²) in [6.45, 7) is 6.12. The molecule has 0 fully saturated rings. The van der Waals surface area contributed by atoms with Gasteiger partial charge >= 0.3 is 0 Å². The summed E-state index contributed by atoms with van der Waals surface area (Å²) in [6, 6.07) is 0. The summed E-state index contributed by atoms with van der Waals surface area (Å²) in [5.74, 6) is 0.346. The number of hydrogen-bond acceptors (Lipinski definition) is 4. The highest BCUT2D eigenvalue weighted by Gasteiger charge is 2.05. The SMILES string of the molecule is CCC(=O)CCCN(CCOC)CCOC. The molecule has 0 saturated carbocycles. The number of rotatable bonds is 11. The van der Waals surface area contributed by atoms with Crippen molar-refractivity contribution in [3.05, 3.63) is 0 Å². The normalized spacial score (nSPS) is 11.0. The average molecular weight is 231 g/mol. The first kappa shape index (κ1) is 15.6. The standard InChI is InChI=1S/C12H25NO3/c1-4-12(14)6-5-7-13(8-10-15-2)9-11-16-3/h4-11H2,1-3H3. The minimum absolute atomic E-state index is 0.346. The van der Waals surface area contributed by atoms with Crippen molar-refractivity contribution < 1.29 is 14.3 Å². The Bertz CT molecular complexity index is 166. The van der Waals surface area contributed by atoms with Gasteiger partial charge < -0.3 is 9.47 Å². The van der Waals surface area contributed by atoms with Crippen LogP contribution in [-0.2, 0) is 14.3 Å². The van der Waals surface area contributed by atoms with E-state index in [9.17, 15) is 4.79 Å². The summed E-state index contributed by atoms with van der Waals surface area (Å²) in [6.07, 6.45) is 2.27. The Morgan fingerprint density at radius 3 is 2.06 bits per heavy atom. The highest BCUT2D eigenvalue weighted by molar-refractivity contribution is 5.77. The molecular weight excluding hydrogens is 206 g/mol. The summed E-state index contributed by atoms with van der Waals surface area (Å²) in [7, 11) is 3.41. The van der Waals surface area contributed by atoms with Crippen LogP contribution in [0.1, 0.15) is 26.2 Å². The number of carbonyl (C=O) groups excluding carboxylic acids is 1. The van der Waals surface area contributed by atoms with Crippen LogP contribution >= 0.6 is 0 Å². The van der Waals surface area contributed by atoms with Crippen LogP contribution in [0.5, 0.6) is 0 Å². The van der Waals surface area contributed by atoms with Gasteiger partial charge in [-0.05, 0) is 13.0 Å². The van der Waals surface area contributed by atoms with E-state index in [-0.39, 0.29) is 0 Å². The number of hydrogen-bond donors (Lipinski definition) is 0. The number of ether oxygens (including phenoxy) is 2. The topological polar surface area (TPSA) is 38.8 Å². The molecule has 0 amide bonds. The number of nitrogens with zero attached hydrogens (tertiary/aromatic N) is 1. The first-order chi connectivity index (χ1) is 7.74. The molecule has 0 unspecified atom stereocenters. The van der Waals surface area contributed by atoms with E-state index in [0.717, 1.165) is 39.3 Å². The van der Waals surface area contributed by atoms with E-state index in [2.05, 4.69) is 4.90 Å². The molecule has 0 aromatic heterocycles. The van der Waals surface area contributed by atoms with Gasteiger partial charge in [0.05, 0.1) is 13.2 Å². The minimum Gasteiger partial charge on any atom is -0.383 e. The Balaban J connectivity index is 3.67. The van der Waals surface area contributed by atoms with E-state index in [1.54, 1.807) is 14.2 Å². The zero-order valence-corrected chi connectivity index (χ0v) is 10.8. The van der Waals surface area contributed by atoms with Crippen molar-refractivity contribution >= 4 is 5.78 Å². The smallest absolute Gasteiger partial charge is 0.132 e. The third-order valence-corrected chi connectivity index (χ3v) is 2.55. The molecule has 0 aromatic carbocycles. The quantitative estimate of drug-likeness (QED) is 0.538. The lowest BCUT2D eigenvalue weighted by Gasteiger charge is -2.21. The van der Waals surface area contributed by atoms with Crippen LogP contribution in [-0.4, -0.2) is 57.8 Å². The zero-order valence-electron chi connectivity index (χ0n) is 10.8. The van der Waals surface area contributed by atoms with Crippen LogP contribution in [0.4, 0.5) is 0 Å². The van der Waals surface area contributed by atoms with Crippen molar-refractivity contribution in [1.29, 1.82) is 0 Å². The van der Waals surface area contributed by atoms with Crippen molar-refractivity contribution in [3.63, 3.8) is 0 Å². The highest BCUT2D eigenvalue weighted by Crippen LogP contribution is 1.98. The molecule has 0 spiro atoms. The van der Waals surface area contributed by atoms with Crippen LogP contribution in [0.2, 0.25) is 0 Å². The van der Waals surface area contributed by atoms with Gasteiger partial charge in [-0.15, -0.1) is 0 Å². The van der Waals surface area contributed by atoms with Crippen LogP contribution in [0, 0.1) is 0 Å². The van der Waals surface area contributed by atoms with Gasteiger partial charge in [0.25, 0.3) is 0 Å². The van der Waals surface area contributed by atoms with Crippen molar-refractivity contribution in [1.82, 2.24) is 4.90 Å². The van der Waals surface area contributed by atoms with Gasteiger partial charge in [-0.2, -0.15) is 0 Å². The lowest BCUT2D eigenvalue weighted by atomic mass is 10.2. The third-order valence-electron chi connectivity index (χ3n) is 2.55. The van der Waals surface area contributed by atoms with Gasteiger partial charge in [-0.1, -0.05) is 6.92 Å². The van der Waals surface area contributed by atoms with E-state index < -0.39 is 0 Å². The van der Waals surface area contributed by atoms with Gasteiger partial charge in [0.15, 0.2) is 0 Å². The van der Waals surface area contributed by atoms with Gasteiger partial charge in [0.1, 0.15) is 5.78 Å². The van der Waals surface area contributed by atoms with Gasteiger partial charge in [-0.25, -0.2) is 0 Å². The maximum atomic E-state index is 11.2. The van der Waals surface area contributed by atoms with E-state index in [0.29, 0.717) is 18.6 Å². The molecule has 0 atom stereocenters. The largest absolute Gasteiger partial charge is 0.383 e. The molecule has 4 heteroatoms. The maximum absolute atomic E-state index is 11.2. The first-order valence-electron chi connectivity index (χ1n) is 5.96. The average Bonchev–Trinajstić information content (AvgIpc) is 2.31. The van der Waals surface area contributed by atoms with Gasteiger partial charge in [0.2, 0.25) is 0 Å². The van der Waals surface area contributed by atoms with E-state index in [4.69, 9.17) is 9.47 Å². The van der Waals surface area contributed by atoms with Crippen molar-refractivity contribution in [3.8, 4) is 0 Å². The Kier molecular flexibility index (Phi) is 10.7. The Labute approximate surface area is 98.9 Å². The van der Waals surface area contributed by atoms with Crippen molar-refractivity contribution in [2.75, 3.05) is 47.1 Å². The fourth-order valence-electron chi connectivity index (χ4n) is 1.45. The Morgan fingerprint density at radius 1 is 1.06 bits per heavy atom. The number of Topliss-reactive ketones (excluding diaryl/α,β-unsaturated/α-hetero) is 1. The van der Waals surface area contributed by atoms with Crippen LogP contribution in [0.25, 0.3) is 0 Å². The predicted octanol–water partition coefficient (Wildman–Crippen LogP) is 1.34. The summed E-state index contributed by atoms with van der Waals surface area (Å²) in [4.78, 5) is 13.4. The maximum Gasteiger partial charge on any atom is 0.132 e. The minimum atomic E-state index is 0.346. The lowest BCUT2D eigenvalue weighted by Crippen LogP contribution is -2.31. The highest BCUT2D eigenvalue weighted by atomic mass is 16.5. The summed E-state index contributed by atoms with van der Waals surface area (Å²) >= 11 is 0. The molecular formula is C12H25NO3. The van der Waals surface area contributed by atoms with Gasteiger partial charge in [-0.3, -0.25) is 9.69 Å². The summed E-state index contributed by atoms with van der Waals surface area (Å²) < 4.78 is 10.1. The van der Waals surface area contributed by atoms with E-state index in [1.807, 2.05) is 6.92 Å². The second kappa shape index (κ2) is 11.0. The molecule has 0 saturated heterocycles. The van der Waals surface area contributed by atoms with Crippen molar-refractivity contribution in [2.24, 2.45) is 0 Å². The van der Waals surface area contributed by atoms with E-state index in [1.165, 1.54) is 0 Å². The zero-order chi connectivity index (χ0) is 12.2. The molecule has 0 aliphatic rings. The fraction of sp³-hybridized carbons (Fsp3) is 0.917. The molecule has 0 rings (SSSR count). The number of methoxy groups -OCH3 is 2. The van der Waals surface area contributed by atoms with Gasteiger partial charge in [0, 0.05) is 40.2 Å². The van der Waals surface area contributed by atoms with E-state index >= 15 is 0 Å². The third kappa shape index (κ3) is 8.83. The first-order valence-corrected chi connectivity index (χ1v) is 5.96.